The highest BCUT2D eigenvalue weighted by Crippen LogP contribution is 2.48. The highest BCUT2D eigenvalue weighted by atomic mass is 19.1. The molecule has 0 aliphatic heterocycles. The van der Waals surface area contributed by atoms with Crippen LogP contribution in [0.3, 0.4) is 0 Å². The summed E-state index contributed by atoms with van der Waals surface area (Å²) in [5.41, 5.74) is 6.89. The fourth-order valence-electron chi connectivity index (χ4n) is 6.60. The molecular formula is C35H39FO4. The topological polar surface area (TPSA) is 55.8 Å². The summed E-state index contributed by atoms with van der Waals surface area (Å²) in [6.07, 6.45) is 6.06. The van der Waals surface area contributed by atoms with E-state index in [1.54, 1.807) is 19.2 Å². The molecule has 0 fully saturated rings. The molecule has 5 heteroatoms. The Morgan fingerprint density at radius 2 is 1.80 bits per heavy atom. The van der Waals surface area contributed by atoms with Crippen LogP contribution in [-0.4, -0.2) is 18.2 Å². The van der Waals surface area contributed by atoms with Gasteiger partial charge in [0.2, 0.25) is 0 Å². The van der Waals surface area contributed by atoms with Gasteiger partial charge in [0, 0.05) is 5.56 Å². The molecule has 2 atom stereocenters. The maximum absolute atomic E-state index is 15.1. The minimum Gasteiger partial charge on any atom is -0.497 e. The fraction of sp³-hybridized carbons (Fsp3) is 0.400. The fourth-order valence-corrected chi connectivity index (χ4v) is 6.60. The number of carbonyl (C=O) groups is 1. The quantitative estimate of drug-likeness (QED) is 0.294. The Balaban J connectivity index is 1.45. The van der Waals surface area contributed by atoms with Crippen molar-refractivity contribution in [2.24, 2.45) is 17.3 Å². The van der Waals surface area contributed by atoms with Crippen LogP contribution in [0, 0.1) is 23.1 Å². The van der Waals surface area contributed by atoms with Gasteiger partial charge < -0.3 is 14.6 Å². The predicted octanol–water partition coefficient (Wildman–Crippen LogP) is 8.67. The van der Waals surface area contributed by atoms with E-state index >= 15 is 4.39 Å². The van der Waals surface area contributed by atoms with Crippen LogP contribution in [0.1, 0.15) is 75.1 Å². The summed E-state index contributed by atoms with van der Waals surface area (Å²) in [4.78, 5) is 12.0. The molecule has 40 heavy (non-hydrogen) atoms. The number of carboxylic acids is 1. The molecular weight excluding hydrogens is 503 g/mol. The summed E-state index contributed by atoms with van der Waals surface area (Å²) in [6.45, 7) is 8.80. The minimum atomic E-state index is -0.733. The third-order valence-electron chi connectivity index (χ3n) is 8.77. The van der Waals surface area contributed by atoms with Crippen molar-refractivity contribution in [1.82, 2.24) is 0 Å². The lowest BCUT2D eigenvalue weighted by Gasteiger charge is -2.26. The lowest BCUT2D eigenvalue weighted by Crippen LogP contribution is -2.25. The first-order valence-corrected chi connectivity index (χ1v) is 14.3. The molecule has 0 spiro atoms. The Morgan fingerprint density at radius 1 is 1.02 bits per heavy atom. The lowest BCUT2D eigenvalue weighted by atomic mass is 9.79. The predicted molar refractivity (Wildman–Crippen MR) is 157 cm³/mol. The standard InChI is InChI=1S/C35H39FO4/c1-21(2)33(34(37)38)27-14-10-23-9-11-25(19-28(23)27)40-20-22-8-13-26(30-18-24(39-5)12-15-32(30)36)29(17-22)31-7-6-16-35(31,3)4/h7-9,11-13,15,17-19,21,27,33H,6,10,14,16,20H2,1-5H3,(H,37,38)/t27?,33-/m0/s1. The molecule has 2 aliphatic rings. The summed E-state index contributed by atoms with van der Waals surface area (Å²) in [5.74, 6) is -0.0172. The molecule has 0 heterocycles. The summed E-state index contributed by atoms with van der Waals surface area (Å²) < 4.78 is 26.8. The first kappa shape index (κ1) is 27.9. The van der Waals surface area contributed by atoms with E-state index in [1.165, 1.54) is 17.2 Å². The maximum Gasteiger partial charge on any atom is 0.307 e. The number of rotatable bonds is 9. The van der Waals surface area contributed by atoms with Crippen LogP contribution in [0.2, 0.25) is 0 Å². The molecule has 0 saturated heterocycles. The minimum absolute atomic E-state index is 0.00349. The van der Waals surface area contributed by atoms with Gasteiger partial charge >= 0.3 is 5.97 Å². The Bertz CT molecular complexity index is 1450. The summed E-state index contributed by atoms with van der Waals surface area (Å²) >= 11 is 0. The molecule has 3 aromatic carbocycles. The number of carboxylic acid groups (broad SMARTS) is 1. The van der Waals surface area contributed by atoms with Gasteiger partial charge in [-0.3, -0.25) is 4.79 Å². The van der Waals surface area contributed by atoms with Gasteiger partial charge in [-0.1, -0.05) is 52.0 Å². The van der Waals surface area contributed by atoms with Crippen LogP contribution >= 0.6 is 0 Å². The van der Waals surface area contributed by atoms with Gasteiger partial charge in [-0.25, -0.2) is 4.39 Å². The SMILES string of the molecule is COc1ccc(F)c(-c2ccc(COc3ccc4c(c3)C([C@@H](C(=O)O)C(C)C)CC4)cc2C2=CCCC2(C)C)c1. The molecule has 0 radical (unpaired) electrons. The number of hydrogen-bond acceptors (Lipinski definition) is 3. The third kappa shape index (κ3) is 5.39. The number of ether oxygens (including phenoxy) is 2. The Kier molecular flexibility index (Phi) is 7.76. The van der Waals surface area contributed by atoms with Crippen LogP contribution in [0.15, 0.2) is 60.7 Å². The average molecular weight is 543 g/mol. The van der Waals surface area contributed by atoms with E-state index in [-0.39, 0.29) is 23.1 Å². The number of aryl methyl sites for hydroxylation is 1. The number of fused-ring (bicyclic) bond motifs is 1. The van der Waals surface area contributed by atoms with Gasteiger partial charge in [0.15, 0.2) is 0 Å². The molecule has 4 nitrogen and oxygen atoms in total. The Morgan fingerprint density at radius 3 is 2.48 bits per heavy atom. The number of methoxy groups -OCH3 is 1. The first-order chi connectivity index (χ1) is 19.1. The van der Waals surface area contributed by atoms with Crippen LogP contribution in [0.5, 0.6) is 11.5 Å². The largest absolute Gasteiger partial charge is 0.497 e. The van der Waals surface area contributed by atoms with Crippen molar-refractivity contribution in [2.45, 2.75) is 65.9 Å². The molecule has 3 aromatic rings. The number of allylic oxidation sites excluding steroid dienone is 2. The number of aliphatic carboxylic acids is 1. The van der Waals surface area contributed by atoms with Crippen LogP contribution in [-0.2, 0) is 17.8 Å². The van der Waals surface area contributed by atoms with Crippen LogP contribution < -0.4 is 9.47 Å². The van der Waals surface area contributed by atoms with Gasteiger partial charge in [-0.2, -0.15) is 0 Å². The van der Waals surface area contributed by atoms with Crippen LogP contribution in [0.4, 0.5) is 4.39 Å². The van der Waals surface area contributed by atoms with E-state index in [4.69, 9.17) is 9.47 Å². The van der Waals surface area contributed by atoms with Crippen molar-refractivity contribution in [2.75, 3.05) is 7.11 Å². The molecule has 5 rings (SSSR count). The van der Waals surface area contributed by atoms with Crippen molar-refractivity contribution in [3.05, 3.63) is 88.7 Å². The van der Waals surface area contributed by atoms with Gasteiger partial charge in [0.1, 0.15) is 23.9 Å². The second kappa shape index (κ2) is 11.1. The van der Waals surface area contributed by atoms with Gasteiger partial charge in [-0.05, 0) is 113 Å². The highest BCUT2D eigenvalue weighted by Gasteiger charge is 2.36. The normalized spacial score (nSPS) is 18.4. The van der Waals surface area contributed by atoms with E-state index in [0.29, 0.717) is 17.9 Å². The summed E-state index contributed by atoms with van der Waals surface area (Å²) in [5, 5.41) is 9.89. The van der Waals surface area contributed by atoms with Gasteiger partial charge in [0.05, 0.1) is 13.0 Å². The van der Waals surface area contributed by atoms with Gasteiger partial charge in [0.25, 0.3) is 0 Å². The molecule has 210 valence electrons. The lowest BCUT2D eigenvalue weighted by molar-refractivity contribution is -0.144. The Hall–Kier alpha value is -3.60. The van der Waals surface area contributed by atoms with E-state index in [0.717, 1.165) is 53.7 Å². The zero-order valence-corrected chi connectivity index (χ0v) is 24.1. The van der Waals surface area contributed by atoms with E-state index in [2.05, 4.69) is 32.1 Å². The zero-order valence-electron chi connectivity index (χ0n) is 24.1. The summed E-state index contributed by atoms with van der Waals surface area (Å²) in [6, 6.07) is 17.1. The zero-order chi connectivity index (χ0) is 28.6. The highest BCUT2D eigenvalue weighted by molar-refractivity contribution is 5.85. The van der Waals surface area contributed by atoms with Crippen molar-refractivity contribution in [1.29, 1.82) is 0 Å². The molecule has 0 bridgehead atoms. The first-order valence-electron chi connectivity index (χ1n) is 14.3. The number of halogens is 1. The molecule has 0 aromatic heterocycles. The average Bonchev–Trinajstić information content (AvgIpc) is 3.49. The van der Waals surface area contributed by atoms with E-state index < -0.39 is 11.9 Å². The second-order valence-corrected chi connectivity index (χ2v) is 12.2. The third-order valence-corrected chi connectivity index (χ3v) is 8.77. The van der Waals surface area contributed by atoms with E-state index in [9.17, 15) is 9.90 Å². The van der Waals surface area contributed by atoms with Crippen LogP contribution in [0.25, 0.3) is 16.7 Å². The summed E-state index contributed by atoms with van der Waals surface area (Å²) in [7, 11) is 1.59. The van der Waals surface area contributed by atoms with Gasteiger partial charge in [-0.15, -0.1) is 0 Å². The molecule has 1 N–H and O–H groups in total. The molecule has 0 amide bonds. The molecule has 2 aliphatic carbocycles. The number of benzene rings is 3. The smallest absolute Gasteiger partial charge is 0.307 e. The van der Waals surface area contributed by atoms with Crippen molar-refractivity contribution in [3.63, 3.8) is 0 Å². The van der Waals surface area contributed by atoms with Crippen molar-refractivity contribution >= 4 is 11.5 Å². The van der Waals surface area contributed by atoms with E-state index in [1.807, 2.05) is 38.1 Å². The Labute approximate surface area is 236 Å². The van der Waals surface area contributed by atoms with Crippen molar-refractivity contribution in [3.8, 4) is 22.6 Å². The molecule has 1 unspecified atom stereocenters. The van der Waals surface area contributed by atoms with Crippen molar-refractivity contribution < 1.29 is 23.8 Å². The second-order valence-electron chi connectivity index (χ2n) is 12.2. The number of hydrogen-bond donors (Lipinski definition) is 1. The maximum atomic E-state index is 15.1. The molecule has 0 saturated carbocycles. The monoisotopic (exact) mass is 542 g/mol.